The zero-order chi connectivity index (χ0) is 11.9. The molecule has 2 heteroatoms. The minimum absolute atomic E-state index is 0.357. The Hall–Kier alpha value is -1.28. The van der Waals surface area contributed by atoms with E-state index in [0.717, 1.165) is 38.1 Å². The van der Waals surface area contributed by atoms with Crippen LogP contribution in [0.25, 0.3) is 0 Å². The van der Waals surface area contributed by atoms with Gasteiger partial charge in [0.1, 0.15) is 5.75 Å². The van der Waals surface area contributed by atoms with Crippen molar-refractivity contribution in [3.05, 3.63) is 42.5 Å². The molecule has 1 fully saturated rings. The van der Waals surface area contributed by atoms with Gasteiger partial charge >= 0.3 is 0 Å². The number of ether oxygens (including phenoxy) is 1. The second-order valence-corrected chi connectivity index (χ2v) is 4.52. The normalized spacial score (nSPS) is 20.6. The molecule has 0 aromatic heterocycles. The molecule has 0 spiro atoms. The summed E-state index contributed by atoms with van der Waals surface area (Å²) in [4.78, 5) is 0. The minimum atomic E-state index is 0.357. The first-order chi connectivity index (χ1) is 8.40. The molecule has 1 aromatic carbocycles. The van der Waals surface area contributed by atoms with Gasteiger partial charge in [-0.15, -0.1) is 6.58 Å². The molecule has 92 valence electrons. The molecule has 1 unspecified atom stereocenters. The van der Waals surface area contributed by atoms with Gasteiger partial charge in [0.2, 0.25) is 0 Å². The summed E-state index contributed by atoms with van der Waals surface area (Å²) in [6.07, 6.45) is 6.61. The first-order valence-electron chi connectivity index (χ1n) is 6.46. The summed E-state index contributed by atoms with van der Waals surface area (Å²) in [5.41, 5.74) is 1.24. The Morgan fingerprint density at radius 2 is 2.18 bits per heavy atom. The van der Waals surface area contributed by atoms with Crippen LogP contribution in [0.1, 0.15) is 24.8 Å². The van der Waals surface area contributed by atoms with Crippen molar-refractivity contribution in [3.8, 4) is 5.75 Å². The van der Waals surface area contributed by atoms with Crippen molar-refractivity contribution in [2.24, 2.45) is 0 Å². The third kappa shape index (κ3) is 3.60. The van der Waals surface area contributed by atoms with E-state index in [1.54, 1.807) is 0 Å². The molecular weight excluding hydrogens is 210 g/mol. The molecule has 17 heavy (non-hydrogen) atoms. The molecule has 0 aliphatic carbocycles. The molecule has 1 aliphatic heterocycles. The Labute approximate surface area is 104 Å². The summed E-state index contributed by atoms with van der Waals surface area (Å²) in [7, 11) is 0. The summed E-state index contributed by atoms with van der Waals surface area (Å²) in [6, 6.07) is 8.28. The number of para-hydroxylation sites is 1. The van der Waals surface area contributed by atoms with Gasteiger partial charge in [0.05, 0.1) is 6.10 Å². The number of hydrogen-bond donors (Lipinski definition) is 1. The van der Waals surface area contributed by atoms with Crippen LogP contribution >= 0.6 is 0 Å². The molecule has 1 N–H and O–H groups in total. The first-order valence-corrected chi connectivity index (χ1v) is 6.46. The Morgan fingerprint density at radius 1 is 1.29 bits per heavy atom. The maximum absolute atomic E-state index is 6.13. The lowest BCUT2D eigenvalue weighted by Gasteiger charge is -2.18. The average molecular weight is 231 g/mol. The third-order valence-corrected chi connectivity index (χ3v) is 3.15. The van der Waals surface area contributed by atoms with E-state index in [1.807, 2.05) is 12.1 Å². The summed E-state index contributed by atoms with van der Waals surface area (Å²) >= 11 is 0. The van der Waals surface area contributed by atoms with E-state index < -0.39 is 0 Å². The van der Waals surface area contributed by atoms with Crippen LogP contribution in [-0.4, -0.2) is 19.2 Å². The van der Waals surface area contributed by atoms with Gasteiger partial charge in [0.15, 0.2) is 0 Å². The van der Waals surface area contributed by atoms with E-state index in [4.69, 9.17) is 4.74 Å². The number of rotatable bonds is 4. The van der Waals surface area contributed by atoms with Crippen molar-refractivity contribution in [2.45, 2.75) is 31.8 Å². The van der Waals surface area contributed by atoms with E-state index in [0.29, 0.717) is 6.10 Å². The molecule has 0 saturated carbocycles. The highest BCUT2D eigenvalue weighted by Gasteiger charge is 2.14. The van der Waals surface area contributed by atoms with Gasteiger partial charge < -0.3 is 10.1 Å². The van der Waals surface area contributed by atoms with Crippen molar-refractivity contribution in [1.82, 2.24) is 5.32 Å². The van der Waals surface area contributed by atoms with Crippen LogP contribution < -0.4 is 10.1 Å². The van der Waals surface area contributed by atoms with Gasteiger partial charge in [-0.2, -0.15) is 0 Å². The lowest BCUT2D eigenvalue weighted by atomic mass is 10.1. The predicted octanol–water partition coefficient (Wildman–Crippen LogP) is 2.94. The molecule has 1 saturated heterocycles. The third-order valence-electron chi connectivity index (χ3n) is 3.15. The fraction of sp³-hybridized carbons (Fsp3) is 0.467. The maximum Gasteiger partial charge on any atom is 0.123 e. The van der Waals surface area contributed by atoms with Crippen LogP contribution in [0, 0.1) is 0 Å². The van der Waals surface area contributed by atoms with Crippen LogP contribution in [0.3, 0.4) is 0 Å². The van der Waals surface area contributed by atoms with Crippen molar-refractivity contribution in [1.29, 1.82) is 0 Å². The summed E-state index contributed by atoms with van der Waals surface area (Å²) in [5.74, 6) is 1.03. The summed E-state index contributed by atoms with van der Waals surface area (Å²) in [6.45, 7) is 5.98. The second kappa shape index (κ2) is 6.45. The molecule has 1 aliphatic rings. The number of hydrogen-bond acceptors (Lipinski definition) is 2. The van der Waals surface area contributed by atoms with Gasteiger partial charge in [-0.25, -0.2) is 0 Å². The largest absolute Gasteiger partial charge is 0.490 e. The fourth-order valence-electron chi connectivity index (χ4n) is 2.23. The molecule has 1 atom stereocenters. The van der Waals surface area contributed by atoms with Crippen LogP contribution in [0.5, 0.6) is 5.75 Å². The SMILES string of the molecule is C=CCc1ccccc1OC1CCCNCC1. The average Bonchev–Trinajstić information content (AvgIpc) is 2.61. The van der Waals surface area contributed by atoms with E-state index in [9.17, 15) is 0 Å². The highest BCUT2D eigenvalue weighted by Crippen LogP contribution is 2.22. The molecule has 2 rings (SSSR count). The van der Waals surface area contributed by atoms with Crippen molar-refractivity contribution in [2.75, 3.05) is 13.1 Å². The quantitative estimate of drug-likeness (QED) is 0.804. The summed E-state index contributed by atoms with van der Waals surface area (Å²) < 4.78 is 6.13. The van der Waals surface area contributed by atoms with Gasteiger partial charge in [0.25, 0.3) is 0 Å². The van der Waals surface area contributed by atoms with Crippen LogP contribution in [0.4, 0.5) is 0 Å². The predicted molar refractivity (Wildman–Crippen MR) is 71.5 cm³/mol. The van der Waals surface area contributed by atoms with Crippen LogP contribution in [0.2, 0.25) is 0 Å². The molecule has 2 nitrogen and oxygen atoms in total. The highest BCUT2D eigenvalue weighted by molar-refractivity contribution is 5.34. The lowest BCUT2D eigenvalue weighted by Crippen LogP contribution is -2.19. The van der Waals surface area contributed by atoms with Gasteiger partial charge in [-0.05, 0) is 50.4 Å². The van der Waals surface area contributed by atoms with Crippen LogP contribution in [0.15, 0.2) is 36.9 Å². The van der Waals surface area contributed by atoms with Crippen molar-refractivity contribution < 1.29 is 4.74 Å². The van der Waals surface area contributed by atoms with Crippen molar-refractivity contribution >= 4 is 0 Å². The monoisotopic (exact) mass is 231 g/mol. The van der Waals surface area contributed by atoms with E-state index >= 15 is 0 Å². The number of nitrogens with one attached hydrogen (secondary N) is 1. The molecule has 1 heterocycles. The van der Waals surface area contributed by atoms with E-state index in [1.165, 1.54) is 12.0 Å². The zero-order valence-corrected chi connectivity index (χ0v) is 10.3. The number of allylic oxidation sites excluding steroid dienone is 1. The van der Waals surface area contributed by atoms with Gasteiger partial charge in [0, 0.05) is 0 Å². The van der Waals surface area contributed by atoms with E-state index in [-0.39, 0.29) is 0 Å². The molecule has 0 bridgehead atoms. The second-order valence-electron chi connectivity index (χ2n) is 4.52. The first kappa shape index (κ1) is 12.2. The Balaban J connectivity index is 2.03. The Kier molecular flexibility index (Phi) is 4.63. The highest BCUT2D eigenvalue weighted by atomic mass is 16.5. The molecule has 0 radical (unpaired) electrons. The summed E-state index contributed by atoms with van der Waals surface area (Å²) in [5, 5.41) is 3.41. The standard InChI is InChI=1S/C15H21NO/c1-2-6-13-7-3-4-9-15(13)17-14-8-5-11-16-12-10-14/h2-4,7,9,14,16H,1,5-6,8,10-12H2. The van der Waals surface area contributed by atoms with E-state index in [2.05, 4.69) is 30.1 Å². The topological polar surface area (TPSA) is 21.3 Å². The Bertz CT molecular complexity index is 354. The zero-order valence-electron chi connectivity index (χ0n) is 10.3. The molecule has 1 aromatic rings. The maximum atomic E-state index is 6.13. The number of benzene rings is 1. The smallest absolute Gasteiger partial charge is 0.123 e. The molecular formula is C15H21NO. The van der Waals surface area contributed by atoms with Gasteiger partial charge in [-0.1, -0.05) is 24.3 Å². The Morgan fingerprint density at radius 3 is 3.06 bits per heavy atom. The van der Waals surface area contributed by atoms with Crippen molar-refractivity contribution in [3.63, 3.8) is 0 Å². The van der Waals surface area contributed by atoms with Crippen LogP contribution in [-0.2, 0) is 6.42 Å². The van der Waals surface area contributed by atoms with Gasteiger partial charge in [-0.3, -0.25) is 0 Å². The lowest BCUT2D eigenvalue weighted by molar-refractivity contribution is 0.186. The minimum Gasteiger partial charge on any atom is -0.490 e. The molecule has 0 amide bonds. The fourth-order valence-corrected chi connectivity index (χ4v) is 2.23.